The van der Waals surface area contributed by atoms with Crippen LogP contribution in [0.25, 0.3) is 11.3 Å². The maximum absolute atomic E-state index is 13.2. The van der Waals surface area contributed by atoms with Crippen LogP contribution >= 0.6 is 0 Å². The Balaban J connectivity index is 1.67. The van der Waals surface area contributed by atoms with Crippen molar-refractivity contribution in [1.82, 2.24) is 15.6 Å². The molecule has 0 aliphatic carbocycles. The number of carbonyl (C=O) groups excluding carboxylic acids is 2. The van der Waals surface area contributed by atoms with Crippen LogP contribution < -0.4 is 10.6 Å². The van der Waals surface area contributed by atoms with Crippen molar-refractivity contribution in [3.05, 3.63) is 89.9 Å². The van der Waals surface area contributed by atoms with Crippen LogP contribution in [0.3, 0.4) is 0 Å². The molecule has 0 aliphatic rings. The van der Waals surface area contributed by atoms with Crippen LogP contribution in [0.4, 0.5) is 4.39 Å². The van der Waals surface area contributed by atoms with Gasteiger partial charge in [-0.1, -0.05) is 44.2 Å². The highest BCUT2D eigenvalue weighted by Crippen LogP contribution is 2.18. The summed E-state index contributed by atoms with van der Waals surface area (Å²) in [4.78, 5) is 30.4. The molecule has 2 N–H and O–H groups in total. The molecule has 0 saturated carbocycles. The van der Waals surface area contributed by atoms with Crippen LogP contribution in [0.2, 0.25) is 0 Å². The predicted molar refractivity (Wildman–Crippen MR) is 133 cm³/mol. The van der Waals surface area contributed by atoms with Crippen molar-refractivity contribution in [2.24, 2.45) is 5.92 Å². The summed E-state index contributed by atoms with van der Waals surface area (Å²) in [6.07, 6.45) is 2.77. The van der Waals surface area contributed by atoms with Crippen molar-refractivity contribution in [3.8, 4) is 11.3 Å². The van der Waals surface area contributed by atoms with Crippen LogP contribution in [0, 0.1) is 11.7 Å². The van der Waals surface area contributed by atoms with Gasteiger partial charge in [-0.15, -0.1) is 0 Å². The molecule has 6 heteroatoms. The number of rotatable bonds is 9. The van der Waals surface area contributed by atoms with Crippen molar-refractivity contribution in [1.29, 1.82) is 0 Å². The Kier molecular flexibility index (Phi) is 8.16. The topological polar surface area (TPSA) is 71.1 Å². The van der Waals surface area contributed by atoms with E-state index in [0.717, 1.165) is 16.8 Å². The smallest absolute Gasteiger partial charge is 0.251 e. The first-order valence-electron chi connectivity index (χ1n) is 11.5. The molecule has 0 unspecified atom stereocenters. The van der Waals surface area contributed by atoms with E-state index in [2.05, 4.69) is 15.6 Å². The summed E-state index contributed by atoms with van der Waals surface area (Å²) >= 11 is 0. The number of nitrogens with one attached hydrogen (secondary N) is 2. The van der Waals surface area contributed by atoms with Crippen LogP contribution in [0.15, 0.2) is 72.9 Å². The number of hydrogen-bond donors (Lipinski definition) is 2. The summed E-state index contributed by atoms with van der Waals surface area (Å²) in [5.74, 6) is -0.620. The summed E-state index contributed by atoms with van der Waals surface area (Å²) in [7, 11) is 0. The fourth-order valence-electron chi connectivity index (χ4n) is 3.85. The fourth-order valence-corrected chi connectivity index (χ4v) is 3.85. The van der Waals surface area contributed by atoms with Gasteiger partial charge in [0, 0.05) is 22.9 Å². The molecule has 1 atom stereocenters. The zero-order chi connectivity index (χ0) is 24.7. The first-order valence-corrected chi connectivity index (χ1v) is 11.5. The molecule has 0 spiro atoms. The third-order valence-corrected chi connectivity index (χ3v) is 5.46. The highest BCUT2D eigenvalue weighted by atomic mass is 19.1. The summed E-state index contributed by atoms with van der Waals surface area (Å²) in [6.45, 7) is 7.85. The van der Waals surface area contributed by atoms with Gasteiger partial charge < -0.3 is 10.6 Å². The van der Waals surface area contributed by atoms with Crippen LogP contribution in [0.5, 0.6) is 0 Å². The lowest BCUT2D eigenvalue weighted by molar-refractivity contribution is -0.125. The Morgan fingerprint density at radius 2 is 1.65 bits per heavy atom. The maximum Gasteiger partial charge on any atom is 0.251 e. The highest BCUT2D eigenvalue weighted by molar-refractivity contribution is 5.98. The first-order chi connectivity index (χ1) is 16.1. The number of benzene rings is 2. The van der Waals surface area contributed by atoms with E-state index in [-0.39, 0.29) is 23.5 Å². The molecule has 0 aliphatic heterocycles. The molecule has 3 rings (SSSR count). The number of aromatic nitrogens is 1. The quantitative estimate of drug-likeness (QED) is 0.462. The average Bonchev–Trinajstić information content (AvgIpc) is 2.80. The molecule has 1 heterocycles. The molecule has 2 aromatic carbocycles. The Morgan fingerprint density at radius 3 is 2.24 bits per heavy atom. The highest BCUT2D eigenvalue weighted by Gasteiger charge is 2.28. The van der Waals surface area contributed by atoms with E-state index in [1.54, 1.807) is 30.5 Å². The lowest BCUT2D eigenvalue weighted by Crippen LogP contribution is -2.54. The molecule has 2 amide bonds. The van der Waals surface area contributed by atoms with Gasteiger partial charge in [0.25, 0.3) is 5.91 Å². The lowest BCUT2D eigenvalue weighted by atomic mass is 9.93. The van der Waals surface area contributed by atoms with Crippen LogP contribution in [0.1, 0.15) is 50.0 Å². The number of nitrogens with zero attached hydrogens (tertiary/aromatic N) is 1. The normalized spacial score (nSPS) is 12.3. The molecule has 0 fully saturated rings. The molecule has 34 heavy (non-hydrogen) atoms. The largest absolute Gasteiger partial charge is 0.349 e. The second-order valence-corrected chi connectivity index (χ2v) is 9.62. The number of pyridine rings is 1. The van der Waals surface area contributed by atoms with E-state index in [9.17, 15) is 14.0 Å². The second kappa shape index (κ2) is 11.1. The van der Waals surface area contributed by atoms with E-state index in [1.807, 2.05) is 58.0 Å². The van der Waals surface area contributed by atoms with Crippen molar-refractivity contribution in [3.63, 3.8) is 0 Å². The van der Waals surface area contributed by atoms with Crippen molar-refractivity contribution in [2.45, 2.75) is 52.1 Å². The van der Waals surface area contributed by atoms with E-state index in [0.29, 0.717) is 18.4 Å². The number of carbonyl (C=O) groups is 2. The Labute approximate surface area is 200 Å². The maximum atomic E-state index is 13.2. The van der Waals surface area contributed by atoms with Crippen molar-refractivity contribution < 1.29 is 14.0 Å². The third-order valence-electron chi connectivity index (χ3n) is 5.46. The summed E-state index contributed by atoms with van der Waals surface area (Å²) < 4.78 is 13.2. The predicted octanol–water partition coefficient (Wildman–Crippen LogP) is 5.17. The van der Waals surface area contributed by atoms with Crippen LogP contribution in [-0.4, -0.2) is 28.4 Å². The molecule has 0 bridgehead atoms. The first kappa shape index (κ1) is 25.1. The third kappa shape index (κ3) is 7.24. The molecule has 178 valence electrons. The Bertz CT molecular complexity index is 1090. The van der Waals surface area contributed by atoms with Gasteiger partial charge in [0.05, 0.1) is 5.69 Å². The van der Waals surface area contributed by atoms with Crippen molar-refractivity contribution >= 4 is 11.8 Å². The van der Waals surface area contributed by atoms with Gasteiger partial charge >= 0.3 is 0 Å². The van der Waals surface area contributed by atoms with Gasteiger partial charge in [-0.25, -0.2) is 4.39 Å². The Hall–Kier alpha value is -3.54. The zero-order valence-electron chi connectivity index (χ0n) is 20.1. The van der Waals surface area contributed by atoms with Gasteiger partial charge in [0.2, 0.25) is 5.91 Å². The summed E-state index contributed by atoms with van der Waals surface area (Å²) in [5, 5.41) is 5.96. The molecule has 0 radical (unpaired) electrons. The minimum Gasteiger partial charge on any atom is -0.349 e. The van der Waals surface area contributed by atoms with Gasteiger partial charge in [0.15, 0.2) is 0 Å². The minimum absolute atomic E-state index is 0.211. The number of hydrogen-bond acceptors (Lipinski definition) is 3. The molecule has 1 aromatic heterocycles. The van der Waals surface area contributed by atoms with E-state index < -0.39 is 11.6 Å². The molecular formula is C28H32FN3O2. The van der Waals surface area contributed by atoms with Crippen molar-refractivity contribution in [2.75, 3.05) is 0 Å². The summed E-state index contributed by atoms with van der Waals surface area (Å²) in [5.41, 5.74) is 2.57. The average molecular weight is 462 g/mol. The van der Waals surface area contributed by atoms with E-state index >= 15 is 0 Å². The van der Waals surface area contributed by atoms with E-state index in [4.69, 9.17) is 0 Å². The zero-order valence-corrected chi connectivity index (χ0v) is 20.1. The molecule has 0 saturated heterocycles. The minimum atomic E-state index is -0.671. The lowest BCUT2D eigenvalue weighted by Gasteiger charge is -2.30. The summed E-state index contributed by atoms with van der Waals surface area (Å²) in [6, 6.07) is 18.4. The monoisotopic (exact) mass is 461 g/mol. The van der Waals surface area contributed by atoms with Gasteiger partial charge in [0.1, 0.15) is 11.9 Å². The van der Waals surface area contributed by atoms with Gasteiger partial charge in [-0.2, -0.15) is 0 Å². The Morgan fingerprint density at radius 1 is 0.971 bits per heavy atom. The SMILES string of the molecule is CC(C)C[C@H](NC(=O)c1ccc(-c2ccccn2)cc1)C(=O)NC(C)(C)Cc1ccc(F)cc1. The number of amides is 2. The van der Waals surface area contributed by atoms with E-state index in [1.165, 1.54) is 12.1 Å². The van der Waals surface area contributed by atoms with Gasteiger partial charge in [-0.3, -0.25) is 14.6 Å². The molecule has 5 nitrogen and oxygen atoms in total. The van der Waals surface area contributed by atoms with Gasteiger partial charge in [-0.05, 0) is 74.6 Å². The number of halogens is 1. The standard InChI is InChI=1S/C28H32FN3O2/c1-19(2)17-25(27(34)32-28(3,4)18-20-8-14-23(29)15-9-20)31-26(33)22-12-10-21(11-13-22)24-7-5-6-16-30-24/h5-16,19,25H,17-18H2,1-4H3,(H,31,33)(H,32,34)/t25-/m0/s1. The fraction of sp³-hybridized carbons (Fsp3) is 0.321. The van der Waals surface area contributed by atoms with Crippen LogP contribution in [-0.2, 0) is 11.2 Å². The molecule has 3 aromatic rings. The molecular weight excluding hydrogens is 429 g/mol. The second-order valence-electron chi connectivity index (χ2n) is 9.62.